The second-order valence-corrected chi connectivity index (χ2v) is 9.78. The summed E-state index contributed by atoms with van der Waals surface area (Å²) in [6.45, 7) is 10.1. The molecule has 2 unspecified atom stereocenters. The van der Waals surface area contributed by atoms with Crippen molar-refractivity contribution >= 4 is 15.7 Å². The van der Waals surface area contributed by atoms with E-state index in [1.54, 1.807) is 12.1 Å². The largest absolute Gasteiger partial charge is 0.506 e. The van der Waals surface area contributed by atoms with Gasteiger partial charge >= 0.3 is 0 Å². The molecule has 0 aromatic heterocycles. The number of piperidine rings is 1. The summed E-state index contributed by atoms with van der Waals surface area (Å²) in [5, 5.41) is 10.3. The molecule has 1 aromatic rings. The summed E-state index contributed by atoms with van der Waals surface area (Å²) >= 11 is 0. The molecule has 1 aliphatic heterocycles. The van der Waals surface area contributed by atoms with Gasteiger partial charge in [0, 0.05) is 6.54 Å². The predicted octanol–water partition coefficient (Wildman–Crippen LogP) is 3.94. The molecule has 0 radical (unpaired) electrons. The summed E-state index contributed by atoms with van der Waals surface area (Å²) in [5.74, 6) is 0.457. The molecule has 0 aliphatic carbocycles. The Hall–Kier alpha value is -1.27. The van der Waals surface area contributed by atoms with Gasteiger partial charge in [-0.3, -0.25) is 4.72 Å². The van der Waals surface area contributed by atoms with Crippen LogP contribution in [0.25, 0.3) is 0 Å². The van der Waals surface area contributed by atoms with Gasteiger partial charge in [-0.1, -0.05) is 46.1 Å². The van der Waals surface area contributed by atoms with Crippen LogP contribution in [0.15, 0.2) is 18.2 Å². The molecule has 0 saturated carbocycles. The fourth-order valence-electron chi connectivity index (χ4n) is 3.88. The maximum absolute atomic E-state index is 11.4. The second-order valence-electron chi connectivity index (χ2n) is 8.04. The first-order valence-corrected chi connectivity index (χ1v) is 11.6. The molecule has 1 saturated heterocycles. The average Bonchev–Trinajstić information content (AvgIpc) is 2.55. The zero-order valence-corrected chi connectivity index (χ0v) is 17.4. The van der Waals surface area contributed by atoms with Crippen molar-refractivity contribution in [2.45, 2.75) is 58.3 Å². The van der Waals surface area contributed by atoms with E-state index < -0.39 is 10.0 Å². The minimum Gasteiger partial charge on any atom is -0.506 e. The minimum absolute atomic E-state index is 0.0108. The van der Waals surface area contributed by atoms with Gasteiger partial charge < -0.3 is 10.0 Å². The first kappa shape index (κ1) is 21.0. The SMILES string of the molecule is CCCCCCN1CCC(C)(c2ccc(NS(C)(=O)=O)c(O)c2)C(C)C1. The van der Waals surface area contributed by atoms with Crippen molar-refractivity contribution in [2.24, 2.45) is 5.92 Å². The minimum atomic E-state index is -3.40. The van der Waals surface area contributed by atoms with Crippen LogP contribution >= 0.6 is 0 Å². The van der Waals surface area contributed by atoms with Gasteiger partial charge in [0.05, 0.1) is 11.9 Å². The Balaban J connectivity index is 2.05. The molecule has 6 heteroatoms. The molecule has 0 amide bonds. The number of likely N-dealkylation sites (tertiary alicyclic amines) is 1. The fraction of sp³-hybridized carbons (Fsp3) is 0.700. The van der Waals surface area contributed by atoms with Gasteiger partial charge in [0.15, 0.2) is 0 Å². The number of phenols is 1. The van der Waals surface area contributed by atoms with E-state index in [2.05, 4.69) is 30.4 Å². The third-order valence-electron chi connectivity index (χ3n) is 5.85. The van der Waals surface area contributed by atoms with Crippen LogP contribution in [0.2, 0.25) is 0 Å². The van der Waals surface area contributed by atoms with Crippen LogP contribution in [0.4, 0.5) is 5.69 Å². The van der Waals surface area contributed by atoms with Gasteiger partial charge in [-0.05, 0) is 55.0 Å². The average molecular weight is 383 g/mol. The van der Waals surface area contributed by atoms with E-state index in [0.717, 1.165) is 31.3 Å². The number of phenolic OH excluding ortho intramolecular Hbond substituents is 1. The van der Waals surface area contributed by atoms with E-state index in [4.69, 9.17) is 0 Å². The molecule has 1 heterocycles. The molecule has 1 aliphatic rings. The number of benzene rings is 1. The second kappa shape index (κ2) is 8.61. The van der Waals surface area contributed by atoms with Gasteiger partial charge in [0.2, 0.25) is 10.0 Å². The number of hydrogen-bond acceptors (Lipinski definition) is 4. The van der Waals surface area contributed by atoms with Crippen LogP contribution in [0.5, 0.6) is 5.75 Å². The van der Waals surface area contributed by atoms with E-state index in [1.165, 1.54) is 32.2 Å². The summed E-state index contributed by atoms with van der Waals surface area (Å²) in [6.07, 6.45) is 7.28. The Morgan fingerprint density at radius 1 is 1.31 bits per heavy atom. The van der Waals surface area contributed by atoms with Crippen molar-refractivity contribution in [3.05, 3.63) is 23.8 Å². The molecule has 0 spiro atoms. The van der Waals surface area contributed by atoms with Crippen molar-refractivity contribution in [2.75, 3.05) is 30.6 Å². The first-order chi connectivity index (χ1) is 12.2. The van der Waals surface area contributed by atoms with Gasteiger partial charge in [-0.2, -0.15) is 0 Å². The Labute approximate surface area is 158 Å². The molecule has 2 rings (SSSR count). The van der Waals surface area contributed by atoms with Crippen molar-refractivity contribution in [3.63, 3.8) is 0 Å². The summed E-state index contributed by atoms with van der Waals surface area (Å²) in [5.41, 5.74) is 1.30. The third kappa shape index (κ3) is 5.36. The molecule has 1 aromatic carbocycles. The number of unbranched alkanes of at least 4 members (excludes halogenated alkanes) is 3. The zero-order valence-electron chi connectivity index (χ0n) is 16.6. The van der Waals surface area contributed by atoms with Crippen molar-refractivity contribution in [1.29, 1.82) is 0 Å². The predicted molar refractivity (Wildman–Crippen MR) is 108 cm³/mol. The van der Waals surface area contributed by atoms with E-state index in [0.29, 0.717) is 5.92 Å². The standard InChI is InChI=1S/C20H34N2O3S/c1-5-6-7-8-12-22-13-11-20(3,16(2)15-22)17-9-10-18(19(23)14-17)21-26(4,24)25/h9-10,14,16,21,23H,5-8,11-13,15H2,1-4H3. The summed E-state index contributed by atoms with van der Waals surface area (Å²) < 4.78 is 25.1. The summed E-state index contributed by atoms with van der Waals surface area (Å²) in [7, 11) is -3.40. The Bertz CT molecular complexity index is 705. The summed E-state index contributed by atoms with van der Waals surface area (Å²) in [4.78, 5) is 2.56. The number of hydrogen-bond donors (Lipinski definition) is 2. The molecule has 5 nitrogen and oxygen atoms in total. The topological polar surface area (TPSA) is 69.6 Å². The monoisotopic (exact) mass is 382 g/mol. The number of aromatic hydroxyl groups is 1. The first-order valence-electron chi connectivity index (χ1n) is 9.69. The number of sulfonamides is 1. The highest BCUT2D eigenvalue weighted by molar-refractivity contribution is 7.92. The molecule has 2 atom stereocenters. The number of nitrogens with one attached hydrogen (secondary N) is 1. The van der Waals surface area contributed by atoms with E-state index in [-0.39, 0.29) is 16.9 Å². The highest BCUT2D eigenvalue weighted by Crippen LogP contribution is 2.41. The highest BCUT2D eigenvalue weighted by Gasteiger charge is 2.38. The molecule has 26 heavy (non-hydrogen) atoms. The number of nitrogens with zero attached hydrogens (tertiary/aromatic N) is 1. The summed E-state index contributed by atoms with van der Waals surface area (Å²) in [6, 6.07) is 5.34. The van der Waals surface area contributed by atoms with Crippen LogP contribution in [-0.2, 0) is 15.4 Å². The van der Waals surface area contributed by atoms with Crippen LogP contribution in [0.1, 0.15) is 58.4 Å². The lowest BCUT2D eigenvalue weighted by Crippen LogP contribution is -2.47. The van der Waals surface area contributed by atoms with Gasteiger partial charge in [0.1, 0.15) is 5.75 Å². The van der Waals surface area contributed by atoms with E-state index in [1.807, 2.05) is 6.07 Å². The van der Waals surface area contributed by atoms with Crippen molar-refractivity contribution in [3.8, 4) is 5.75 Å². The molecular formula is C20H34N2O3S. The number of rotatable bonds is 8. The van der Waals surface area contributed by atoms with Crippen molar-refractivity contribution in [1.82, 2.24) is 4.90 Å². The molecular weight excluding hydrogens is 348 g/mol. The lowest BCUT2D eigenvalue weighted by atomic mass is 9.68. The van der Waals surface area contributed by atoms with Crippen molar-refractivity contribution < 1.29 is 13.5 Å². The maximum atomic E-state index is 11.4. The van der Waals surface area contributed by atoms with Gasteiger partial charge in [-0.25, -0.2) is 8.42 Å². The maximum Gasteiger partial charge on any atom is 0.229 e. The van der Waals surface area contributed by atoms with E-state index in [9.17, 15) is 13.5 Å². The lowest BCUT2D eigenvalue weighted by Gasteiger charge is -2.45. The highest BCUT2D eigenvalue weighted by atomic mass is 32.2. The third-order valence-corrected chi connectivity index (χ3v) is 6.44. The number of anilines is 1. The van der Waals surface area contributed by atoms with Crippen LogP contribution in [0.3, 0.4) is 0 Å². The normalized spacial score (nSPS) is 24.5. The van der Waals surface area contributed by atoms with Crippen LogP contribution in [0, 0.1) is 5.92 Å². The lowest BCUT2D eigenvalue weighted by molar-refractivity contribution is 0.109. The quantitative estimate of drug-likeness (QED) is 0.528. The Morgan fingerprint density at radius 3 is 2.62 bits per heavy atom. The van der Waals surface area contributed by atoms with Gasteiger partial charge in [0.25, 0.3) is 0 Å². The van der Waals surface area contributed by atoms with Crippen LogP contribution in [-0.4, -0.2) is 44.3 Å². The molecule has 2 N–H and O–H groups in total. The molecule has 1 fully saturated rings. The smallest absolute Gasteiger partial charge is 0.229 e. The van der Waals surface area contributed by atoms with Crippen LogP contribution < -0.4 is 4.72 Å². The van der Waals surface area contributed by atoms with E-state index >= 15 is 0 Å². The molecule has 148 valence electrons. The Kier molecular flexibility index (Phi) is 6.97. The van der Waals surface area contributed by atoms with Gasteiger partial charge in [-0.15, -0.1) is 0 Å². The fourth-order valence-corrected chi connectivity index (χ4v) is 4.46. The molecule has 0 bridgehead atoms. The zero-order chi connectivity index (χ0) is 19.4. The Morgan fingerprint density at radius 2 is 2.04 bits per heavy atom.